The van der Waals surface area contributed by atoms with Crippen LogP contribution in [0.25, 0.3) is 11.0 Å². The van der Waals surface area contributed by atoms with E-state index in [-0.39, 0.29) is 47.7 Å². The maximum Gasteiger partial charge on any atom is 0.271 e. The first-order chi connectivity index (χ1) is 16.5. The van der Waals surface area contributed by atoms with Gasteiger partial charge in [-0.1, -0.05) is 13.3 Å². The molecule has 3 fully saturated rings. The third-order valence-electron chi connectivity index (χ3n) is 7.78. The molecule has 180 valence electrons. The molecule has 9 nitrogen and oxygen atoms in total. The predicted octanol–water partition coefficient (Wildman–Crippen LogP) is 1.79. The Bertz CT molecular complexity index is 1090. The number of hydrogen-bond donors (Lipinski definition) is 3. The van der Waals surface area contributed by atoms with E-state index in [2.05, 4.69) is 20.6 Å². The van der Waals surface area contributed by atoms with Crippen molar-refractivity contribution in [2.24, 2.45) is 17.8 Å². The molecule has 5 atom stereocenters. The summed E-state index contributed by atoms with van der Waals surface area (Å²) in [4.78, 5) is 61.0. The number of ketones is 1. The molecule has 34 heavy (non-hydrogen) atoms. The number of pyridine rings is 1. The summed E-state index contributed by atoms with van der Waals surface area (Å²) < 4.78 is 0. The number of likely N-dealkylation sites (tertiary alicyclic amines) is 1. The van der Waals surface area contributed by atoms with Crippen molar-refractivity contribution in [3.63, 3.8) is 0 Å². The zero-order valence-corrected chi connectivity index (χ0v) is 19.4. The van der Waals surface area contributed by atoms with Crippen LogP contribution in [0.3, 0.4) is 0 Å². The second-order valence-electron chi connectivity index (χ2n) is 9.77. The number of carbonyl (C=O) groups is 4. The van der Waals surface area contributed by atoms with Crippen molar-refractivity contribution >= 4 is 34.5 Å². The summed E-state index contributed by atoms with van der Waals surface area (Å²) in [5, 5.41) is 5.75. The summed E-state index contributed by atoms with van der Waals surface area (Å²) in [6.45, 7) is 2.89. The number of carbonyl (C=O) groups excluding carboxylic acids is 4. The number of aromatic nitrogens is 2. The summed E-state index contributed by atoms with van der Waals surface area (Å²) in [5.41, 5.74) is 1.89. The average molecular weight is 466 g/mol. The second-order valence-corrected chi connectivity index (χ2v) is 9.77. The highest BCUT2D eigenvalue weighted by Crippen LogP contribution is 2.43. The Morgan fingerprint density at radius 3 is 2.85 bits per heavy atom. The molecular weight excluding hydrogens is 434 g/mol. The highest BCUT2D eigenvalue weighted by molar-refractivity contribution is 6.00. The monoisotopic (exact) mass is 465 g/mol. The van der Waals surface area contributed by atoms with Crippen LogP contribution >= 0.6 is 0 Å². The van der Waals surface area contributed by atoms with Gasteiger partial charge in [-0.05, 0) is 55.7 Å². The van der Waals surface area contributed by atoms with Gasteiger partial charge in [-0.2, -0.15) is 0 Å². The van der Waals surface area contributed by atoms with E-state index < -0.39 is 12.1 Å². The Balaban J connectivity index is 1.38. The predicted molar refractivity (Wildman–Crippen MR) is 125 cm³/mol. The third-order valence-corrected chi connectivity index (χ3v) is 7.78. The van der Waals surface area contributed by atoms with Crippen LogP contribution in [0.2, 0.25) is 0 Å². The molecule has 5 unspecified atom stereocenters. The minimum atomic E-state index is -0.721. The van der Waals surface area contributed by atoms with Crippen molar-refractivity contribution in [3.05, 3.63) is 30.1 Å². The highest BCUT2D eigenvalue weighted by atomic mass is 16.2. The summed E-state index contributed by atoms with van der Waals surface area (Å²) in [5.74, 6) is -0.581. The fourth-order valence-electron chi connectivity index (χ4n) is 6.01. The fraction of sp³-hybridized carbons (Fsp3) is 0.560. The van der Waals surface area contributed by atoms with E-state index in [0.29, 0.717) is 37.1 Å². The van der Waals surface area contributed by atoms with Crippen LogP contribution in [-0.2, 0) is 14.4 Å². The number of amides is 3. The quantitative estimate of drug-likeness (QED) is 0.575. The van der Waals surface area contributed by atoms with Gasteiger partial charge in [0.05, 0.1) is 17.1 Å². The number of nitrogens with zero attached hydrogens (tertiary/aromatic N) is 2. The van der Waals surface area contributed by atoms with Gasteiger partial charge in [0.1, 0.15) is 11.7 Å². The Morgan fingerprint density at radius 1 is 1.26 bits per heavy atom. The van der Waals surface area contributed by atoms with Crippen molar-refractivity contribution in [1.82, 2.24) is 25.5 Å². The highest BCUT2D eigenvalue weighted by Gasteiger charge is 2.50. The van der Waals surface area contributed by atoms with Crippen LogP contribution in [0.1, 0.15) is 55.9 Å². The number of rotatable bonds is 7. The molecule has 1 saturated carbocycles. The normalized spacial score (nSPS) is 27.0. The molecule has 2 aromatic rings. The lowest BCUT2D eigenvalue weighted by molar-refractivity contribution is -0.132. The van der Waals surface area contributed by atoms with Crippen LogP contribution in [0.5, 0.6) is 0 Å². The molecular formula is C25H31N5O4. The van der Waals surface area contributed by atoms with Crippen LogP contribution < -0.4 is 10.6 Å². The smallest absolute Gasteiger partial charge is 0.271 e. The lowest BCUT2D eigenvalue weighted by Gasteiger charge is -2.29. The second kappa shape index (κ2) is 9.19. The van der Waals surface area contributed by atoms with Crippen molar-refractivity contribution in [2.75, 3.05) is 13.1 Å². The van der Waals surface area contributed by atoms with Crippen LogP contribution in [0.15, 0.2) is 24.4 Å². The van der Waals surface area contributed by atoms with E-state index in [9.17, 15) is 19.2 Å². The first-order valence-corrected chi connectivity index (χ1v) is 12.3. The maximum atomic E-state index is 13.6. The molecule has 2 aliphatic heterocycles. The molecule has 3 amide bonds. The zero-order valence-electron chi connectivity index (χ0n) is 19.4. The van der Waals surface area contributed by atoms with E-state index in [1.165, 1.54) is 0 Å². The summed E-state index contributed by atoms with van der Waals surface area (Å²) in [6.07, 6.45) is 5.83. The maximum absolute atomic E-state index is 13.6. The van der Waals surface area contributed by atoms with Gasteiger partial charge in [0.2, 0.25) is 11.8 Å². The van der Waals surface area contributed by atoms with Gasteiger partial charge in [-0.25, -0.2) is 0 Å². The van der Waals surface area contributed by atoms with Crippen LogP contribution in [-0.4, -0.2) is 63.5 Å². The average Bonchev–Trinajstić information content (AvgIpc) is 3.61. The molecule has 9 heteroatoms. The molecule has 2 aromatic heterocycles. The van der Waals surface area contributed by atoms with E-state index in [4.69, 9.17) is 0 Å². The first-order valence-electron chi connectivity index (χ1n) is 12.3. The molecule has 0 aromatic carbocycles. The number of H-pyrrole nitrogens is 1. The van der Waals surface area contributed by atoms with Crippen molar-refractivity contribution in [2.45, 2.75) is 57.5 Å². The van der Waals surface area contributed by atoms with E-state index in [1.807, 2.05) is 6.07 Å². The number of aromatic amines is 1. The Kier molecular flexibility index (Phi) is 6.10. The summed E-state index contributed by atoms with van der Waals surface area (Å²) in [7, 11) is 0. The van der Waals surface area contributed by atoms with Crippen LogP contribution in [0, 0.1) is 17.8 Å². The van der Waals surface area contributed by atoms with Gasteiger partial charge in [0, 0.05) is 31.6 Å². The van der Waals surface area contributed by atoms with E-state index in [1.54, 1.807) is 30.2 Å². The SMILES string of the molecule is CCC(=O)C(CC1CCNC1=O)NC(=O)C1C2CCCC2CN1C(=O)c1cc2ncccc2[nH]1. The lowest BCUT2D eigenvalue weighted by atomic mass is 9.91. The van der Waals surface area contributed by atoms with Gasteiger partial charge in [0.25, 0.3) is 5.91 Å². The number of nitrogens with one attached hydrogen (secondary N) is 3. The number of hydrogen-bond acceptors (Lipinski definition) is 5. The van der Waals surface area contributed by atoms with Gasteiger partial charge in [0.15, 0.2) is 5.78 Å². The Hall–Kier alpha value is -3.23. The molecule has 0 radical (unpaired) electrons. The lowest BCUT2D eigenvalue weighted by Crippen LogP contribution is -2.53. The Labute approximate surface area is 198 Å². The molecule has 1 aliphatic carbocycles. The van der Waals surface area contributed by atoms with Crippen molar-refractivity contribution in [1.29, 1.82) is 0 Å². The van der Waals surface area contributed by atoms with Gasteiger partial charge in [-0.3, -0.25) is 24.2 Å². The minimum Gasteiger partial charge on any atom is -0.356 e. The van der Waals surface area contributed by atoms with Gasteiger partial charge >= 0.3 is 0 Å². The van der Waals surface area contributed by atoms with Gasteiger partial charge < -0.3 is 20.5 Å². The minimum absolute atomic E-state index is 0.0656. The van der Waals surface area contributed by atoms with Gasteiger partial charge in [-0.15, -0.1) is 0 Å². The topological polar surface area (TPSA) is 124 Å². The molecule has 0 bridgehead atoms. The van der Waals surface area contributed by atoms with Crippen molar-refractivity contribution in [3.8, 4) is 0 Å². The molecule has 3 aliphatic rings. The molecule has 5 rings (SSSR count). The molecule has 2 saturated heterocycles. The number of Topliss-reactive ketones (excluding diaryl/α,β-unsaturated/α-hetero) is 1. The standard InChI is InChI=1S/C25H31N5O4/c1-2-21(31)19(11-14-8-10-27-23(14)32)29-24(33)22-16-6-3-5-15(16)13-30(22)25(34)20-12-18-17(28-20)7-4-9-26-18/h4,7,9,12,14-16,19,22,28H,2-3,5-6,8,10-11,13H2,1H3,(H,27,32)(H,29,33). The molecule has 0 spiro atoms. The van der Waals surface area contributed by atoms with E-state index in [0.717, 1.165) is 24.8 Å². The fourth-order valence-corrected chi connectivity index (χ4v) is 6.01. The third kappa shape index (κ3) is 4.08. The number of fused-ring (bicyclic) bond motifs is 2. The zero-order chi connectivity index (χ0) is 23.8. The summed E-state index contributed by atoms with van der Waals surface area (Å²) in [6, 6.07) is 4.05. The largest absolute Gasteiger partial charge is 0.356 e. The Morgan fingerprint density at radius 2 is 2.12 bits per heavy atom. The van der Waals surface area contributed by atoms with E-state index >= 15 is 0 Å². The van der Waals surface area contributed by atoms with Crippen molar-refractivity contribution < 1.29 is 19.2 Å². The summed E-state index contributed by atoms with van der Waals surface area (Å²) >= 11 is 0. The molecule has 4 heterocycles. The first kappa shape index (κ1) is 22.6. The molecule has 3 N–H and O–H groups in total. The van der Waals surface area contributed by atoms with Crippen LogP contribution in [0.4, 0.5) is 0 Å².